The molecule has 0 aromatic carbocycles. The fourth-order valence-electron chi connectivity index (χ4n) is 17.9. The van der Waals surface area contributed by atoms with Crippen molar-refractivity contribution in [3.63, 3.8) is 0 Å². The number of ketones is 2. The largest absolute Gasteiger partial charge is 0.481 e. The van der Waals surface area contributed by atoms with Crippen molar-refractivity contribution < 1.29 is 62.8 Å². The second-order valence-corrected chi connectivity index (χ2v) is 36.7. The molecule has 0 bridgehead atoms. The maximum Gasteiger partial charge on any atom is 0.311 e. The highest BCUT2D eigenvalue weighted by atomic mass is 16.5. The third-order valence-corrected chi connectivity index (χ3v) is 28.9. The normalized spacial score (nSPS) is 37.7. The number of carbonyl (C=O) groups excluding carboxylic acids is 6. The summed E-state index contributed by atoms with van der Waals surface area (Å²) >= 11 is 0. The van der Waals surface area contributed by atoms with E-state index in [4.69, 9.17) is 14.6 Å². The number of nitrogens with zero attached hydrogens (tertiary/aromatic N) is 5. The number of amides is 1. The Morgan fingerprint density at radius 1 is 0.404 bits per heavy atom. The Morgan fingerprint density at radius 3 is 0.990 bits per heavy atom. The molecule has 10 aliphatic rings. The lowest BCUT2D eigenvalue weighted by Gasteiger charge is -2.49. The van der Waals surface area contributed by atoms with Crippen molar-refractivity contribution in [1.29, 1.82) is 0 Å². The maximum atomic E-state index is 12.4. The van der Waals surface area contributed by atoms with Gasteiger partial charge in [-0.1, -0.05) is 125 Å². The molecule has 0 radical (unpaired) electrons. The zero-order chi connectivity index (χ0) is 74.2. The molecule has 18 atom stereocenters. The molecule has 0 aromatic rings. The number of esters is 3. The number of Topliss-reactive ketones (excluding diaryl/α,β-unsaturated/α-hetero) is 2. The lowest BCUT2D eigenvalue weighted by atomic mass is 9.67. The van der Waals surface area contributed by atoms with E-state index in [1.807, 2.05) is 21.0 Å². The van der Waals surface area contributed by atoms with E-state index in [1.165, 1.54) is 67.0 Å². The Labute approximate surface area is 601 Å². The second kappa shape index (κ2) is 35.7. The van der Waals surface area contributed by atoms with Crippen LogP contribution in [0.25, 0.3) is 0 Å². The highest BCUT2D eigenvalue weighted by Crippen LogP contribution is 2.50. The lowest BCUT2D eigenvalue weighted by Crippen LogP contribution is -2.52. The number of carboxylic acids is 2. The number of likely N-dealkylation sites (tertiary alicyclic amines) is 4. The fourth-order valence-corrected chi connectivity index (χ4v) is 17.9. The van der Waals surface area contributed by atoms with Crippen LogP contribution in [0.5, 0.6) is 0 Å². The number of methoxy groups -OCH3 is 3. The zero-order valence-electron chi connectivity index (χ0n) is 66.2. The van der Waals surface area contributed by atoms with Gasteiger partial charge in [-0.2, -0.15) is 0 Å². The summed E-state index contributed by atoms with van der Waals surface area (Å²) in [5.74, 6) is 4.05. The second-order valence-electron chi connectivity index (χ2n) is 36.7. The molecule has 10 fully saturated rings. The minimum atomic E-state index is -0.833. The molecule has 0 spiro atoms. The summed E-state index contributed by atoms with van der Waals surface area (Å²) in [6.07, 6.45) is 15.0. The van der Waals surface area contributed by atoms with Crippen LogP contribution in [0.2, 0.25) is 0 Å². The van der Waals surface area contributed by atoms with Gasteiger partial charge < -0.3 is 29.3 Å². The van der Waals surface area contributed by atoms with Crippen LogP contribution in [0.4, 0.5) is 0 Å². The Balaban J connectivity index is 0.000000257. The summed E-state index contributed by atoms with van der Waals surface area (Å²) in [7, 11) is 8.13. The van der Waals surface area contributed by atoms with E-state index in [2.05, 4.69) is 149 Å². The first kappa shape index (κ1) is 87.4. The first-order valence-corrected chi connectivity index (χ1v) is 38.2. The molecule has 8 unspecified atom stereocenters. The summed E-state index contributed by atoms with van der Waals surface area (Å²) in [5.41, 5.74) is 0.761. The molecule has 18 heteroatoms. The molecule has 6 saturated carbocycles. The molecular weight excluding hydrogens is 1250 g/mol. The molecule has 18 nitrogen and oxygen atoms in total. The topological polar surface area (TPSA) is 221 Å². The van der Waals surface area contributed by atoms with E-state index in [9.17, 15) is 43.5 Å². The van der Waals surface area contributed by atoms with Crippen LogP contribution in [0.3, 0.4) is 0 Å². The number of carboxylic acid groups (broad SMARTS) is 2. The first-order valence-electron chi connectivity index (χ1n) is 38.2. The van der Waals surface area contributed by atoms with Crippen molar-refractivity contribution in [2.24, 2.45) is 103 Å². The van der Waals surface area contributed by atoms with Gasteiger partial charge in [-0.15, -0.1) is 0 Å². The molecule has 2 N–H and O–H groups in total. The molecule has 0 aromatic heterocycles. The van der Waals surface area contributed by atoms with Gasteiger partial charge in [0.05, 0.1) is 49.9 Å². The van der Waals surface area contributed by atoms with E-state index in [-0.39, 0.29) is 66.0 Å². The van der Waals surface area contributed by atoms with Gasteiger partial charge in [0.25, 0.3) is 0 Å². The van der Waals surface area contributed by atoms with Gasteiger partial charge in [0, 0.05) is 122 Å². The van der Waals surface area contributed by atoms with Crippen LogP contribution >= 0.6 is 0 Å². The highest BCUT2D eigenvalue weighted by Gasteiger charge is 2.51. The molecule has 4 saturated heterocycles. The van der Waals surface area contributed by atoms with Gasteiger partial charge in [0.1, 0.15) is 11.6 Å². The lowest BCUT2D eigenvalue weighted by molar-refractivity contribution is -0.152. The molecule has 10 rings (SSSR count). The van der Waals surface area contributed by atoms with Gasteiger partial charge in [-0.05, 0) is 173 Å². The van der Waals surface area contributed by atoms with Crippen molar-refractivity contribution in [1.82, 2.24) is 24.5 Å². The van der Waals surface area contributed by atoms with Gasteiger partial charge in [0.2, 0.25) is 5.91 Å². The Hall–Kier alpha value is -4.00. The predicted molar refractivity (Wildman–Crippen MR) is 395 cm³/mol. The number of rotatable bonds is 10. The number of piperidine rings is 4. The van der Waals surface area contributed by atoms with Crippen LogP contribution in [0.15, 0.2) is 0 Å². The van der Waals surface area contributed by atoms with Crippen LogP contribution in [-0.4, -0.2) is 194 Å². The van der Waals surface area contributed by atoms with Crippen molar-refractivity contribution >= 4 is 47.3 Å². The molecule has 572 valence electrons. The van der Waals surface area contributed by atoms with E-state index in [0.717, 1.165) is 95.6 Å². The maximum absolute atomic E-state index is 12.4. The average molecular weight is 1400 g/mol. The number of hydrogen-bond acceptors (Lipinski definition) is 15. The summed E-state index contributed by atoms with van der Waals surface area (Å²) in [5, 5.41) is 17.7. The van der Waals surface area contributed by atoms with Crippen LogP contribution in [0, 0.1) is 103 Å². The molecule has 6 aliphatic carbocycles. The SMILES string of the molecule is C.CC1CN([C@@H]2CC[C@](C)(C(=O)N(C)C)C2)CC(C)C1(C)C.CC1CN([C@@H]2CC[C@](C)(C(=O)O)C2)CC(C)C1(C)C.COC(=O)[C@@]1(C)CC[C@@H](N2CC(C)C(C)(C)C(C)C2)C1.COC(=O)[C@H]1CCC(=O)C1.COC(=O)[C@H]1CC[C@@H](N2CC(C)C(C)(C)C(C)C2)C1.O=C1CC[C@H](C(=O)O)C1. The first-order chi connectivity index (χ1) is 45.2. The van der Waals surface area contributed by atoms with Crippen molar-refractivity contribution in [3.8, 4) is 0 Å². The Kier molecular flexibility index (Phi) is 31.5. The van der Waals surface area contributed by atoms with Crippen molar-refractivity contribution in [2.75, 3.05) is 87.8 Å². The van der Waals surface area contributed by atoms with Gasteiger partial charge in [-0.3, -0.25) is 58.0 Å². The summed E-state index contributed by atoms with van der Waals surface area (Å²) in [4.78, 5) is 102. The molecule has 4 aliphatic heterocycles. The third-order valence-electron chi connectivity index (χ3n) is 28.9. The monoisotopic (exact) mass is 1400 g/mol. The molecule has 1 amide bonds. The molecule has 99 heavy (non-hydrogen) atoms. The summed E-state index contributed by atoms with van der Waals surface area (Å²) in [6.45, 7) is 53.5. The minimum Gasteiger partial charge on any atom is -0.481 e. The van der Waals surface area contributed by atoms with Crippen LogP contribution in [0.1, 0.15) is 255 Å². The number of ether oxygens (including phenoxy) is 3. The highest BCUT2D eigenvalue weighted by molar-refractivity contribution is 5.88. The summed E-state index contributed by atoms with van der Waals surface area (Å²) < 4.78 is 14.4. The number of hydrogen-bond donors (Lipinski definition) is 2. The van der Waals surface area contributed by atoms with E-state index in [0.29, 0.717) is 119 Å². The average Bonchev–Trinajstić information content (AvgIpc) is 1.73. The predicted octanol–water partition coefficient (Wildman–Crippen LogP) is 14.4. The standard InChI is InChI=1S/C18H34N2O.C17H31NO2.2C16H29NO2.C7H10O3.C6H8O3.CH4/c1-13-11-20(12-14(2)17(13,3)4)15-8-9-18(5,10-15)16(21)19(6)7;1-12-10-18(11-13(2)16(12,3)4)14-7-8-17(5,9-14)15(19)20-6;1-11-9-17(10-12(2)15(11,3)4)13-6-7-16(5,8-13)14(18)19;1-11-9-17(10-12(2)16(11,3)4)14-7-6-13(8-14)15(18)19-5;1-10-7(9)5-2-3-6(8)4-5;7-5-2-1-4(3-5)6(8)9;/h13-15H,8-12H2,1-7H3;12-14H,7-11H2,1-6H3;11-13H,6-10H2,1-5H3,(H,18,19);11-14H,6-10H2,1-5H3;5H,2-4H2,1H3;4H,1-3H2,(H,8,9);1H4/t13?,14?,15-,18+;12?,13?,14-,17+;11?,12?,13-,16+;11?,12?,13-,14+;5-;4-;/m111000./s1. The quantitative estimate of drug-likeness (QED) is 0.153. The van der Waals surface area contributed by atoms with E-state index >= 15 is 0 Å². The zero-order valence-corrected chi connectivity index (χ0v) is 66.2. The van der Waals surface area contributed by atoms with Gasteiger partial charge in [-0.25, -0.2) is 0 Å². The van der Waals surface area contributed by atoms with Gasteiger partial charge >= 0.3 is 29.8 Å². The Bertz CT molecular complexity index is 2650. The minimum absolute atomic E-state index is 0. The van der Waals surface area contributed by atoms with E-state index in [1.54, 1.807) is 4.90 Å². The third kappa shape index (κ3) is 21.6. The number of carbonyl (C=O) groups is 8. The van der Waals surface area contributed by atoms with Gasteiger partial charge in [0.15, 0.2) is 0 Å². The van der Waals surface area contributed by atoms with Crippen LogP contribution < -0.4 is 0 Å². The molecular formula is C81H145N5O13. The Morgan fingerprint density at radius 2 is 0.707 bits per heavy atom. The fraction of sp³-hybridized carbons (Fsp3) is 0.901. The summed E-state index contributed by atoms with van der Waals surface area (Å²) in [6, 6.07) is 2.22. The van der Waals surface area contributed by atoms with Crippen LogP contribution in [-0.2, 0) is 52.6 Å². The van der Waals surface area contributed by atoms with Crippen molar-refractivity contribution in [2.45, 2.75) is 279 Å². The molecule has 4 heterocycles. The van der Waals surface area contributed by atoms with E-state index < -0.39 is 23.3 Å². The smallest absolute Gasteiger partial charge is 0.311 e. The van der Waals surface area contributed by atoms with Crippen molar-refractivity contribution in [3.05, 3.63) is 0 Å². The number of aliphatic carboxylic acids is 2.